The first-order valence-corrected chi connectivity index (χ1v) is 6.22. The Morgan fingerprint density at radius 1 is 1.11 bits per heavy atom. The topological polar surface area (TPSA) is 42.0 Å². The van der Waals surface area contributed by atoms with E-state index in [2.05, 4.69) is 22.4 Å². The molecule has 0 saturated heterocycles. The largest absolute Gasteiger partial charge is 0.347 e. The Hall–Kier alpha value is -2.23. The van der Waals surface area contributed by atoms with Crippen LogP contribution in [-0.4, -0.2) is 16.9 Å². The van der Waals surface area contributed by atoms with Crippen LogP contribution in [0.2, 0.25) is 0 Å². The van der Waals surface area contributed by atoms with Gasteiger partial charge in [-0.25, -0.2) is 4.98 Å². The van der Waals surface area contributed by atoms with E-state index in [1.807, 2.05) is 12.1 Å². The van der Waals surface area contributed by atoms with Crippen molar-refractivity contribution in [1.29, 1.82) is 0 Å². The highest BCUT2D eigenvalue weighted by Gasteiger charge is 2.23. The van der Waals surface area contributed by atoms with Crippen molar-refractivity contribution in [1.82, 2.24) is 10.3 Å². The molecule has 96 valence electrons. The SMILES string of the molecule is O=C(NC1Cc2ccccc2C1)c1cccc(F)n1. The maximum absolute atomic E-state index is 13.0. The highest BCUT2D eigenvalue weighted by Crippen LogP contribution is 2.21. The van der Waals surface area contributed by atoms with Crippen LogP contribution in [-0.2, 0) is 12.8 Å². The number of carbonyl (C=O) groups is 1. The van der Waals surface area contributed by atoms with Gasteiger partial charge >= 0.3 is 0 Å². The molecule has 0 unspecified atom stereocenters. The van der Waals surface area contributed by atoms with Gasteiger partial charge in [0.25, 0.3) is 5.91 Å². The van der Waals surface area contributed by atoms with Crippen molar-refractivity contribution in [3.05, 3.63) is 65.2 Å². The zero-order valence-corrected chi connectivity index (χ0v) is 10.3. The third kappa shape index (κ3) is 2.47. The molecule has 1 heterocycles. The second kappa shape index (κ2) is 4.80. The summed E-state index contributed by atoms with van der Waals surface area (Å²) in [6, 6.07) is 12.4. The summed E-state index contributed by atoms with van der Waals surface area (Å²) < 4.78 is 13.0. The predicted molar refractivity (Wildman–Crippen MR) is 69.3 cm³/mol. The normalized spacial score (nSPS) is 14.2. The monoisotopic (exact) mass is 256 g/mol. The average molecular weight is 256 g/mol. The molecule has 3 rings (SSSR count). The first kappa shape index (κ1) is 11.8. The van der Waals surface area contributed by atoms with Gasteiger partial charge < -0.3 is 5.32 Å². The standard InChI is InChI=1S/C15H13FN2O/c16-14-7-3-6-13(18-14)15(19)17-12-8-10-4-1-2-5-11(10)9-12/h1-7,12H,8-9H2,(H,17,19). The Morgan fingerprint density at radius 2 is 1.79 bits per heavy atom. The summed E-state index contributed by atoms with van der Waals surface area (Å²) in [6.45, 7) is 0. The Balaban J connectivity index is 1.69. The van der Waals surface area contributed by atoms with Crippen LogP contribution < -0.4 is 5.32 Å². The van der Waals surface area contributed by atoms with Crippen LogP contribution >= 0.6 is 0 Å². The average Bonchev–Trinajstić information content (AvgIpc) is 2.80. The summed E-state index contributed by atoms with van der Waals surface area (Å²) in [5.74, 6) is -0.959. The smallest absolute Gasteiger partial charge is 0.270 e. The molecule has 0 bridgehead atoms. The van der Waals surface area contributed by atoms with E-state index in [1.165, 1.54) is 29.3 Å². The molecule has 0 spiro atoms. The van der Waals surface area contributed by atoms with E-state index in [4.69, 9.17) is 0 Å². The van der Waals surface area contributed by atoms with E-state index in [1.54, 1.807) is 0 Å². The number of hydrogen-bond donors (Lipinski definition) is 1. The molecule has 1 aliphatic rings. The van der Waals surface area contributed by atoms with Crippen molar-refractivity contribution < 1.29 is 9.18 Å². The molecule has 0 aliphatic heterocycles. The predicted octanol–water partition coefficient (Wildman–Crippen LogP) is 2.12. The third-order valence-corrected chi connectivity index (χ3v) is 3.33. The van der Waals surface area contributed by atoms with Gasteiger partial charge in [0.1, 0.15) is 5.69 Å². The summed E-state index contributed by atoms with van der Waals surface area (Å²) in [6.07, 6.45) is 1.63. The van der Waals surface area contributed by atoms with Crippen molar-refractivity contribution in [2.45, 2.75) is 18.9 Å². The summed E-state index contributed by atoms with van der Waals surface area (Å²) in [4.78, 5) is 15.5. The summed E-state index contributed by atoms with van der Waals surface area (Å²) in [5, 5.41) is 2.90. The molecule has 1 amide bonds. The van der Waals surface area contributed by atoms with Gasteiger partial charge in [-0.1, -0.05) is 30.3 Å². The lowest BCUT2D eigenvalue weighted by Crippen LogP contribution is -2.35. The van der Waals surface area contributed by atoms with Gasteiger partial charge in [0.2, 0.25) is 5.95 Å². The van der Waals surface area contributed by atoms with Crippen molar-refractivity contribution in [3.63, 3.8) is 0 Å². The molecule has 1 N–H and O–H groups in total. The number of pyridine rings is 1. The number of carbonyl (C=O) groups excluding carboxylic acids is 1. The molecule has 0 radical (unpaired) electrons. The van der Waals surface area contributed by atoms with Crippen LogP contribution in [0.1, 0.15) is 21.6 Å². The minimum atomic E-state index is -0.637. The maximum atomic E-state index is 13.0. The Kier molecular flexibility index (Phi) is 2.99. The number of nitrogens with zero attached hydrogens (tertiary/aromatic N) is 1. The van der Waals surface area contributed by atoms with Gasteiger partial charge in [-0.05, 0) is 36.1 Å². The van der Waals surface area contributed by atoms with Crippen LogP contribution in [0.4, 0.5) is 4.39 Å². The molecule has 2 aromatic rings. The number of fused-ring (bicyclic) bond motifs is 1. The van der Waals surface area contributed by atoms with Gasteiger partial charge in [0.05, 0.1) is 0 Å². The third-order valence-electron chi connectivity index (χ3n) is 3.33. The fourth-order valence-corrected chi connectivity index (χ4v) is 2.45. The van der Waals surface area contributed by atoms with E-state index >= 15 is 0 Å². The van der Waals surface area contributed by atoms with Crippen molar-refractivity contribution >= 4 is 5.91 Å². The van der Waals surface area contributed by atoms with Gasteiger partial charge in [0.15, 0.2) is 0 Å². The highest BCUT2D eigenvalue weighted by atomic mass is 19.1. The molecule has 0 saturated carbocycles. The molecule has 1 aromatic carbocycles. The van der Waals surface area contributed by atoms with Gasteiger partial charge in [-0.3, -0.25) is 4.79 Å². The number of amides is 1. The van der Waals surface area contributed by atoms with Crippen molar-refractivity contribution in [3.8, 4) is 0 Å². The molecule has 4 heteroatoms. The summed E-state index contributed by atoms with van der Waals surface area (Å²) >= 11 is 0. The quantitative estimate of drug-likeness (QED) is 0.836. The van der Waals surface area contributed by atoms with E-state index in [0.717, 1.165) is 12.8 Å². The van der Waals surface area contributed by atoms with Crippen LogP contribution in [0.15, 0.2) is 42.5 Å². The fourth-order valence-electron chi connectivity index (χ4n) is 2.45. The number of hydrogen-bond acceptors (Lipinski definition) is 2. The van der Waals surface area contributed by atoms with Crippen molar-refractivity contribution in [2.24, 2.45) is 0 Å². The minimum Gasteiger partial charge on any atom is -0.347 e. The maximum Gasteiger partial charge on any atom is 0.270 e. The Labute approximate surface area is 110 Å². The van der Waals surface area contributed by atoms with E-state index in [9.17, 15) is 9.18 Å². The number of aromatic nitrogens is 1. The first-order chi connectivity index (χ1) is 9.22. The van der Waals surface area contributed by atoms with Crippen molar-refractivity contribution in [2.75, 3.05) is 0 Å². The lowest BCUT2D eigenvalue weighted by atomic mass is 10.1. The molecule has 3 nitrogen and oxygen atoms in total. The van der Waals surface area contributed by atoms with Crippen LogP contribution in [0.5, 0.6) is 0 Å². The second-order valence-corrected chi connectivity index (χ2v) is 4.69. The molecular weight excluding hydrogens is 243 g/mol. The highest BCUT2D eigenvalue weighted by molar-refractivity contribution is 5.92. The summed E-state index contributed by atoms with van der Waals surface area (Å²) in [7, 11) is 0. The van der Waals surface area contributed by atoms with Crippen LogP contribution in [0, 0.1) is 5.95 Å². The Bertz CT molecular complexity index is 602. The molecule has 1 aliphatic carbocycles. The lowest BCUT2D eigenvalue weighted by molar-refractivity contribution is 0.0932. The number of benzene rings is 1. The van der Waals surface area contributed by atoms with Gasteiger partial charge in [-0.2, -0.15) is 4.39 Å². The molecule has 0 atom stereocenters. The Morgan fingerprint density at radius 3 is 2.42 bits per heavy atom. The van der Waals surface area contributed by atoms with E-state index in [-0.39, 0.29) is 17.6 Å². The first-order valence-electron chi connectivity index (χ1n) is 6.22. The zero-order valence-electron chi connectivity index (χ0n) is 10.3. The molecule has 0 fully saturated rings. The number of halogens is 1. The zero-order chi connectivity index (χ0) is 13.2. The number of nitrogens with one attached hydrogen (secondary N) is 1. The van der Waals surface area contributed by atoms with Gasteiger partial charge in [0, 0.05) is 6.04 Å². The van der Waals surface area contributed by atoms with Crippen LogP contribution in [0.3, 0.4) is 0 Å². The van der Waals surface area contributed by atoms with E-state index in [0.29, 0.717) is 0 Å². The molecular formula is C15H13FN2O. The number of rotatable bonds is 2. The fraction of sp³-hybridized carbons (Fsp3) is 0.200. The van der Waals surface area contributed by atoms with Gasteiger partial charge in [-0.15, -0.1) is 0 Å². The van der Waals surface area contributed by atoms with E-state index < -0.39 is 5.95 Å². The minimum absolute atomic E-state index is 0.0648. The molecule has 19 heavy (non-hydrogen) atoms. The molecule has 1 aromatic heterocycles. The summed E-state index contributed by atoms with van der Waals surface area (Å²) in [5.41, 5.74) is 2.65. The second-order valence-electron chi connectivity index (χ2n) is 4.69. The lowest BCUT2D eigenvalue weighted by Gasteiger charge is -2.11. The van der Waals surface area contributed by atoms with Crippen LogP contribution in [0.25, 0.3) is 0 Å².